The standard InChI is InChI=1S/C21H25N3O3S/c1-16(25)23-11-13-24(14-12-23)18-9-7-17(8-10-18)22-21(27)6-2-4-19(26)20-5-3-15-28-20/h3,5,7-10,15H,2,4,6,11-14H2,1H3,(H,22,27). The van der Waals surface area contributed by atoms with Crippen LogP contribution in [0.1, 0.15) is 35.9 Å². The molecule has 1 aliphatic heterocycles. The number of thiophene rings is 1. The molecule has 0 saturated carbocycles. The van der Waals surface area contributed by atoms with Gasteiger partial charge in [0.05, 0.1) is 4.88 Å². The van der Waals surface area contributed by atoms with Crippen molar-refractivity contribution < 1.29 is 14.4 Å². The van der Waals surface area contributed by atoms with Gasteiger partial charge in [-0.15, -0.1) is 11.3 Å². The van der Waals surface area contributed by atoms with Crippen LogP contribution >= 0.6 is 11.3 Å². The fourth-order valence-corrected chi connectivity index (χ4v) is 3.92. The first kappa shape index (κ1) is 20.1. The molecule has 28 heavy (non-hydrogen) atoms. The topological polar surface area (TPSA) is 69.7 Å². The summed E-state index contributed by atoms with van der Waals surface area (Å²) in [5, 5.41) is 4.77. The highest BCUT2D eigenvalue weighted by Crippen LogP contribution is 2.20. The Labute approximate surface area is 169 Å². The molecule has 1 aliphatic rings. The number of carbonyl (C=O) groups excluding carboxylic acids is 3. The number of amides is 2. The van der Waals surface area contributed by atoms with Crippen molar-refractivity contribution in [2.24, 2.45) is 0 Å². The number of anilines is 2. The second-order valence-electron chi connectivity index (χ2n) is 6.84. The number of rotatable bonds is 7. The quantitative estimate of drug-likeness (QED) is 0.725. The molecule has 0 atom stereocenters. The Morgan fingerprint density at radius 3 is 2.32 bits per heavy atom. The summed E-state index contributed by atoms with van der Waals surface area (Å²) in [5.41, 5.74) is 1.84. The van der Waals surface area contributed by atoms with E-state index in [9.17, 15) is 14.4 Å². The number of nitrogens with one attached hydrogen (secondary N) is 1. The third-order valence-electron chi connectivity index (χ3n) is 4.84. The SMILES string of the molecule is CC(=O)N1CCN(c2ccc(NC(=O)CCCC(=O)c3cccs3)cc2)CC1. The Kier molecular flexibility index (Phi) is 6.81. The van der Waals surface area contributed by atoms with Crippen LogP contribution in [-0.4, -0.2) is 48.7 Å². The van der Waals surface area contributed by atoms with Crippen molar-refractivity contribution >= 4 is 40.3 Å². The minimum atomic E-state index is -0.0817. The minimum Gasteiger partial charge on any atom is -0.368 e. The van der Waals surface area contributed by atoms with Gasteiger partial charge in [-0.25, -0.2) is 0 Å². The summed E-state index contributed by atoms with van der Waals surface area (Å²) in [6.45, 7) is 4.69. The summed E-state index contributed by atoms with van der Waals surface area (Å²) in [5.74, 6) is 0.133. The summed E-state index contributed by atoms with van der Waals surface area (Å²) in [7, 11) is 0. The molecule has 0 unspecified atom stereocenters. The van der Waals surface area contributed by atoms with Crippen LogP contribution in [0.5, 0.6) is 0 Å². The minimum absolute atomic E-state index is 0.0817. The fraction of sp³-hybridized carbons (Fsp3) is 0.381. The lowest BCUT2D eigenvalue weighted by Crippen LogP contribution is -2.48. The van der Waals surface area contributed by atoms with Crippen molar-refractivity contribution in [3.63, 3.8) is 0 Å². The monoisotopic (exact) mass is 399 g/mol. The van der Waals surface area contributed by atoms with Crippen LogP contribution in [0, 0.1) is 0 Å². The van der Waals surface area contributed by atoms with Gasteiger partial charge in [0, 0.05) is 57.3 Å². The lowest BCUT2D eigenvalue weighted by atomic mass is 10.1. The Morgan fingerprint density at radius 2 is 1.71 bits per heavy atom. The molecule has 1 saturated heterocycles. The number of Topliss-reactive ketones (excluding diaryl/α,β-unsaturated/α-hetero) is 1. The van der Waals surface area contributed by atoms with E-state index < -0.39 is 0 Å². The number of carbonyl (C=O) groups is 3. The summed E-state index contributed by atoms with van der Waals surface area (Å²) in [6.07, 6.45) is 1.26. The highest BCUT2D eigenvalue weighted by Gasteiger charge is 2.18. The van der Waals surface area contributed by atoms with E-state index in [4.69, 9.17) is 0 Å². The van der Waals surface area contributed by atoms with Crippen LogP contribution in [0.3, 0.4) is 0 Å². The lowest BCUT2D eigenvalue weighted by molar-refractivity contribution is -0.129. The molecule has 1 aromatic heterocycles. The molecule has 1 fully saturated rings. The normalized spacial score (nSPS) is 14.0. The molecule has 7 heteroatoms. The second kappa shape index (κ2) is 9.50. The van der Waals surface area contributed by atoms with E-state index >= 15 is 0 Å². The van der Waals surface area contributed by atoms with Gasteiger partial charge in [0.1, 0.15) is 0 Å². The van der Waals surface area contributed by atoms with Gasteiger partial charge in [0.25, 0.3) is 0 Å². The van der Waals surface area contributed by atoms with E-state index in [2.05, 4.69) is 10.2 Å². The van der Waals surface area contributed by atoms with E-state index in [1.54, 1.807) is 6.92 Å². The Bertz CT molecular complexity index is 810. The average molecular weight is 400 g/mol. The van der Waals surface area contributed by atoms with Gasteiger partial charge in [-0.05, 0) is 42.1 Å². The van der Waals surface area contributed by atoms with E-state index in [-0.39, 0.29) is 17.6 Å². The third-order valence-corrected chi connectivity index (χ3v) is 5.76. The van der Waals surface area contributed by atoms with E-state index in [0.29, 0.717) is 19.3 Å². The number of benzene rings is 1. The smallest absolute Gasteiger partial charge is 0.224 e. The maximum absolute atomic E-state index is 12.1. The Balaban J connectivity index is 1.42. The zero-order valence-corrected chi connectivity index (χ0v) is 16.8. The molecule has 0 radical (unpaired) electrons. The third kappa shape index (κ3) is 5.42. The van der Waals surface area contributed by atoms with Crippen molar-refractivity contribution in [1.29, 1.82) is 0 Å². The first-order valence-corrected chi connectivity index (χ1v) is 10.4. The van der Waals surface area contributed by atoms with Crippen molar-refractivity contribution in [1.82, 2.24) is 4.90 Å². The van der Waals surface area contributed by atoms with Gasteiger partial charge >= 0.3 is 0 Å². The highest BCUT2D eigenvalue weighted by molar-refractivity contribution is 7.12. The molecular formula is C21H25N3O3S. The lowest BCUT2D eigenvalue weighted by Gasteiger charge is -2.35. The molecule has 2 aromatic rings. The van der Waals surface area contributed by atoms with Gasteiger partial charge in [-0.1, -0.05) is 6.07 Å². The average Bonchev–Trinajstić information content (AvgIpc) is 3.23. The first-order valence-electron chi connectivity index (χ1n) is 9.50. The number of nitrogens with zero attached hydrogens (tertiary/aromatic N) is 2. The highest BCUT2D eigenvalue weighted by atomic mass is 32.1. The molecule has 0 bridgehead atoms. The number of ketones is 1. The van der Waals surface area contributed by atoms with Gasteiger partial charge in [-0.3, -0.25) is 14.4 Å². The van der Waals surface area contributed by atoms with Gasteiger partial charge in [-0.2, -0.15) is 0 Å². The van der Waals surface area contributed by atoms with E-state index in [0.717, 1.165) is 42.4 Å². The van der Waals surface area contributed by atoms with Crippen LogP contribution in [-0.2, 0) is 9.59 Å². The summed E-state index contributed by atoms with van der Waals surface area (Å²) in [4.78, 5) is 40.3. The molecule has 0 spiro atoms. The van der Waals surface area contributed by atoms with Crippen LogP contribution in [0.4, 0.5) is 11.4 Å². The maximum Gasteiger partial charge on any atom is 0.224 e. The molecule has 2 amide bonds. The maximum atomic E-state index is 12.1. The van der Waals surface area contributed by atoms with E-state index in [1.807, 2.05) is 46.7 Å². The van der Waals surface area contributed by atoms with Crippen molar-refractivity contribution in [3.05, 3.63) is 46.7 Å². The predicted molar refractivity (Wildman–Crippen MR) is 112 cm³/mol. The molecule has 3 rings (SSSR count). The number of piperazine rings is 1. The number of hydrogen-bond acceptors (Lipinski definition) is 5. The number of hydrogen-bond donors (Lipinski definition) is 1. The molecule has 148 valence electrons. The first-order chi connectivity index (χ1) is 13.5. The molecule has 0 aliphatic carbocycles. The fourth-order valence-electron chi connectivity index (χ4n) is 3.23. The molecule has 1 N–H and O–H groups in total. The van der Waals surface area contributed by atoms with Crippen LogP contribution < -0.4 is 10.2 Å². The Hall–Kier alpha value is -2.67. The molecule has 2 heterocycles. The van der Waals surface area contributed by atoms with Crippen LogP contribution in [0.15, 0.2) is 41.8 Å². The predicted octanol–water partition coefficient (Wildman–Crippen LogP) is 3.41. The van der Waals surface area contributed by atoms with Gasteiger partial charge in [0.2, 0.25) is 11.8 Å². The molecule has 1 aromatic carbocycles. The van der Waals surface area contributed by atoms with Crippen molar-refractivity contribution in [3.8, 4) is 0 Å². The van der Waals surface area contributed by atoms with Gasteiger partial charge in [0.15, 0.2) is 5.78 Å². The van der Waals surface area contributed by atoms with Gasteiger partial charge < -0.3 is 15.1 Å². The second-order valence-corrected chi connectivity index (χ2v) is 7.79. The Morgan fingerprint density at radius 1 is 1.00 bits per heavy atom. The molecular weight excluding hydrogens is 374 g/mol. The van der Waals surface area contributed by atoms with Crippen LogP contribution in [0.2, 0.25) is 0 Å². The van der Waals surface area contributed by atoms with Crippen molar-refractivity contribution in [2.45, 2.75) is 26.2 Å². The van der Waals surface area contributed by atoms with Crippen molar-refractivity contribution in [2.75, 3.05) is 36.4 Å². The zero-order chi connectivity index (χ0) is 19.9. The summed E-state index contributed by atoms with van der Waals surface area (Å²) < 4.78 is 0. The van der Waals surface area contributed by atoms with E-state index in [1.165, 1.54) is 11.3 Å². The largest absolute Gasteiger partial charge is 0.368 e. The summed E-state index contributed by atoms with van der Waals surface area (Å²) >= 11 is 1.43. The summed E-state index contributed by atoms with van der Waals surface area (Å²) in [6, 6.07) is 11.4. The molecule has 6 nitrogen and oxygen atoms in total. The van der Waals surface area contributed by atoms with Crippen LogP contribution in [0.25, 0.3) is 0 Å². The zero-order valence-electron chi connectivity index (χ0n) is 16.0.